The van der Waals surface area contributed by atoms with Gasteiger partial charge in [0.2, 0.25) is 15.9 Å². The highest BCUT2D eigenvalue weighted by molar-refractivity contribution is 7.88. The van der Waals surface area contributed by atoms with E-state index in [4.69, 9.17) is 11.6 Å². The fourth-order valence-electron chi connectivity index (χ4n) is 3.44. The summed E-state index contributed by atoms with van der Waals surface area (Å²) in [4.78, 5) is 13.5. The van der Waals surface area contributed by atoms with Crippen molar-refractivity contribution in [3.05, 3.63) is 34.6 Å². The van der Waals surface area contributed by atoms with Crippen LogP contribution in [0.4, 0.5) is 4.39 Å². The van der Waals surface area contributed by atoms with Gasteiger partial charge in [-0.1, -0.05) is 11.6 Å². The number of likely N-dealkylation sites (tertiary alicyclic amines) is 1. The molecule has 2 fully saturated rings. The van der Waals surface area contributed by atoms with E-state index in [1.54, 1.807) is 11.9 Å². The first kappa shape index (κ1) is 16.7. The standard InChI is InChI=1S/C15H18ClFN2O3S/c1-18-14-4-5-19(8-10(14)7-15(18)20)23(21,22)9-11-6-12(17)2-3-13(11)16/h2-3,6,10,14H,4-5,7-9H2,1H3/t10-,14+/m1/s1. The Morgan fingerprint density at radius 3 is 2.87 bits per heavy atom. The van der Waals surface area contributed by atoms with E-state index in [2.05, 4.69) is 0 Å². The van der Waals surface area contributed by atoms with Crippen molar-refractivity contribution in [3.8, 4) is 0 Å². The van der Waals surface area contributed by atoms with Crippen molar-refractivity contribution in [2.24, 2.45) is 5.92 Å². The average Bonchev–Trinajstić information content (AvgIpc) is 2.77. The van der Waals surface area contributed by atoms with Crippen molar-refractivity contribution in [2.75, 3.05) is 20.1 Å². The van der Waals surface area contributed by atoms with Crippen LogP contribution in [0.1, 0.15) is 18.4 Å². The number of sulfonamides is 1. The zero-order chi connectivity index (χ0) is 16.8. The molecule has 0 aromatic heterocycles. The molecule has 0 saturated carbocycles. The number of nitrogens with zero attached hydrogens (tertiary/aromatic N) is 2. The molecule has 126 valence electrons. The average molecular weight is 361 g/mol. The molecule has 1 amide bonds. The van der Waals surface area contributed by atoms with Crippen LogP contribution in [0.15, 0.2) is 18.2 Å². The molecule has 2 heterocycles. The molecule has 3 rings (SSSR count). The van der Waals surface area contributed by atoms with Gasteiger partial charge < -0.3 is 4.90 Å². The fourth-order valence-corrected chi connectivity index (χ4v) is 5.32. The molecule has 5 nitrogen and oxygen atoms in total. The van der Waals surface area contributed by atoms with Crippen LogP contribution in [0, 0.1) is 11.7 Å². The predicted octanol–water partition coefficient (Wildman–Crippen LogP) is 1.86. The topological polar surface area (TPSA) is 57.7 Å². The van der Waals surface area contributed by atoms with Crippen LogP contribution in [0.5, 0.6) is 0 Å². The Balaban J connectivity index is 1.76. The molecule has 0 N–H and O–H groups in total. The van der Waals surface area contributed by atoms with Gasteiger partial charge in [0.1, 0.15) is 5.82 Å². The molecule has 8 heteroatoms. The van der Waals surface area contributed by atoms with Crippen LogP contribution < -0.4 is 0 Å². The Morgan fingerprint density at radius 2 is 2.13 bits per heavy atom. The highest BCUT2D eigenvalue weighted by Gasteiger charge is 2.43. The molecule has 0 unspecified atom stereocenters. The Labute approximate surface area is 140 Å². The lowest BCUT2D eigenvalue weighted by molar-refractivity contribution is -0.127. The molecule has 0 radical (unpaired) electrons. The van der Waals surface area contributed by atoms with Crippen molar-refractivity contribution in [1.29, 1.82) is 0 Å². The summed E-state index contributed by atoms with van der Waals surface area (Å²) in [5, 5.41) is 0.237. The van der Waals surface area contributed by atoms with Crippen molar-refractivity contribution in [1.82, 2.24) is 9.21 Å². The summed E-state index contributed by atoms with van der Waals surface area (Å²) in [5.41, 5.74) is 0.258. The highest BCUT2D eigenvalue weighted by Crippen LogP contribution is 2.33. The van der Waals surface area contributed by atoms with Crippen LogP contribution in [0.2, 0.25) is 5.02 Å². The monoisotopic (exact) mass is 360 g/mol. The summed E-state index contributed by atoms with van der Waals surface area (Å²) >= 11 is 5.97. The number of hydrogen-bond acceptors (Lipinski definition) is 3. The van der Waals surface area contributed by atoms with Crippen molar-refractivity contribution in [2.45, 2.75) is 24.6 Å². The van der Waals surface area contributed by atoms with Gasteiger partial charge in [-0.05, 0) is 30.2 Å². The molecule has 1 aromatic rings. The van der Waals surface area contributed by atoms with Crippen LogP contribution in [0.25, 0.3) is 0 Å². The Kier molecular flexibility index (Phi) is 4.37. The van der Waals surface area contributed by atoms with Crippen LogP contribution in [0.3, 0.4) is 0 Å². The first-order chi connectivity index (χ1) is 10.8. The minimum absolute atomic E-state index is 0.0269. The van der Waals surface area contributed by atoms with Crippen molar-refractivity contribution in [3.63, 3.8) is 0 Å². The number of halogens is 2. The molecule has 2 saturated heterocycles. The quantitative estimate of drug-likeness (QED) is 0.826. The molecule has 23 heavy (non-hydrogen) atoms. The number of fused-ring (bicyclic) bond motifs is 1. The van der Waals surface area contributed by atoms with E-state index >= 15 is 0 Å². The summed E-state index contributed by atoms with van der Waals surface area (Å²) in [5.74, 6) is -0.752. The minimum Gasteiger partial charge on any atom is -0.342 e. The summed E-state index contributed by atoms with van der Waals surface area (Å²) in [6.07, 6.45) is 1.01. The number of hydrogen-bond donors (Lipinski definition) is 0. The summed E-state index contributed by atoms with van der Waals surface area (Å²) in [7, 11) is -1.83. The van der Waals surface area contributed by atoms with E-state index in [9.17, 15) is 17.6 Å². The number of carbonyl (C=O) groups is 1. The van der Waals surface area contributed by atoms with Gasteiger partial charge in [0.25, 0.3) is 0 Å². The van der Waals surface area contributed by atoms with Gasteiger partial charge >= 0.3 is 0 Å². The van der Waals surface area contributed by atoms with Gasteiger partial charge in [0.05, 0.1) is 5.75 Å². The number of benzene rings is 1. The zero-order valence-electron chi connectivity index (χ0n) is 12.7. The molecule has 2 aliphatic heterocycles. The third-order valence-corrected chi connectivity index (χ3v) is 6.89. The normalized spacial score (nSPS) is 25.7. The van der Waals surface area contributed by atoms with Crippen molar-refractivity contribution >= 4 is 27.5 Å². The number of amides is 1. The predicted molar refractivity (Wildman–Crippen MR) is 84.9 cm³/mol. The maximum absolute atomic E-state index is 13.3. The minimum atomic E-state index is -3.60. The second kappa shape index (κ2) is 6.03. The number of piperidine rings is 1. The molecule has 1 aromatic carbocycles. The Hall–Kier alpha value is -1.18. The lowest BCUT2D eigenvalue weighted by Gasteiger charge is -2.35. The van der Waals surface area contributed by atoms with E-state index in [-0.39, 0.29) is 34.2 Å². The summed E-state index contributed by atoms with van der Waals surface area (Å²) in [6, 6.07) is 3.83. The van der Waals surface area contributed by atoms with E-state index in [0.717, 1.165) is 6.07 Å². The van der Waals surface area contributed by atoms with E-state index in [0.29, 0.717) is 25.9 Å². The van der Waals surface area contributed by atoms with E-state index < -0.39 is 15.8 Å². The van der Waals surface area contributed by atoms with Gasteiger partial charge in [-0.15, -0.1) is 0 Å². The molecule has 2 aliphatic rings. The van der Waals surface area contributed by atoms with Gasteiger partial charge in [0.15, 0.2) is 0 Å². The maximum Gasteiger partial charge on any atom is 0.222 e. The third kappa shape index (κ3) is 3.22. The molecule has 0 aliphatic carbocycles. The Bertz CT molecular complexity index is 740. The lowest BCUT2D eigenvalue weighted by atomic mass is 9.94. The molecule has 2 atom stereocenters. The van der Waals surface area contributed by atoms with Crippen LogP contribution in [-0.2, 0) is 20.6 Å². The van der Waals surface area contributed by atoms with Gasteiger partial charge in [-0.2, -0.15) is 0 Å². The third-order valence-electron chi connectivity index (χ3n) is 4.72. The number of carbonyl (C=O) groups excluding carboxylic acids is 1. The summed E-state index contributed by atoms with van der Waals surface area (Å²) < 4.78 is 40.0. The second-order valence-corrected chi connectivity index (χ2v) is 8.55. The first-order valence-electron chi connectivity index (χ1n) is 7.45. The second-order valence-electron chi connectivity index (χ2n) is 6.17. The Morgan fingerprint density at radius 1 is 1.39 bits per heavy atom. The van der Waals surface area contributed by atoms with Gasteiger partial charge in [-0.25, -0.2) is 17.1 Å². The van der Waals surface area contributed by atoms with Crippen LogP contribution >= 0.6 is 11.6 Å². The fraction of sp³-hybridized carbons (Fsp3) is 0.533. The maximum atomic E-state index is 13.3. The lowest BCUT2D eigenvalue weighted by Crippen LogP contribution is -2.47. The van der Waals surface area contributed by atoms with Gasteiger partial charge in [-0.3, -0.25) is 4.79 Å². The molecule has 0 bridgehead atoms. The molecular weight excluding hydrogens is 343 g/mol. The molecular formula is C15H18ClFN2O3S. The zero-order valence-corrected chi connectivity index (χ0v) is 14.3. The first-order valence-corrected chi connectivity index (χ1v) is 9.44. The van der Waals surface area contributed by atoms with E-state index in [1.165, 1.54) is 16.4 Å². The summed E-state index contributed by atoms with van der Waals surface area (Å²) in [6.45, 7) is 0.698. The molecule has 0 spiro atoms. The SMILES string of the molecule is CN1C(=O)C[C@@H]2CN(S(=O)(=O)Cc3cc(F)ccc3Cl)CC[C@@H]21. The number of rotatable bonds is 3. The van der Waals surface area contributed by atoms with Gasteiger partial charge in [0, 0.05) is 43.5 Å². The van der Waals surface area contributed by atoms with Crippen LogP contribution in [-0.4, -0.2) is 49.7 Å². The smallest absolute Gasteiger partial charge is 0.222 e. The highest BCUT2D eigenvalue weighted by atomic mass is 35.5. The van der Waals surface area contributed by atoms with Crippen molar-refractivity contribution < 1.29 is 17.6 Å². The van der Waals surface area contributed by atoms with E-state index in [1.807, 2.05) is 0 Å². The largest absolute Gasteiger partial charge is 0.342 e.